The number of nitrogens with zero attached hydrogens (tertiary/aromatic N) is 2. The van der Waals surface area contributed by atoms with Gasteiger partial charge in [-0.05, 0) is 54.7 Å². The van der Waals surface area contributed by atoms with Gasteiger partial charge in [0.15, 0.2) is 6.23 Å². The van der Waals surface area contributed by atoms with Crippen LogP contribution in [0, 0.1) is 11.3 Å². The number of likely N-dealkylation sites (tertiary alicyclic amines) is 1. The summed E-state index contributed by atoms with van der Waals surface area (Å²) in [7, 11) is 1.32. The molecular formula is C22H24N2O4. The standard InChI is InChI=1S/C22H24N2O4/c1-26-22(25)28-21-4-2-13-24(21)14-3-15-27-20-11-9-19(10-12-20)18-7-5-17(16-23)6-8-18/h5-12,21H,2-4,13-15H2,1H3. The minimum atomic E-state index is -0.629. The summed E-state index contributed by atoms with van der Waals surface area (Å²) < 4.78 is 15.7. The van der Waals surface area contributed by atoms with Crippen molar-refractivity contribution >= 4 is 6.16 Å². The average molecular weight is 380 g/mol. The minimum Gasteiger partial charge on any atom is -0.494 e. The van der Waals surface area contributed by atoms with Crippen LogP contribution >= 0.6 is 0 Å². The highest BCUT2D eigenvalue weighted by molar-refractivity contribution is 5.65. The number of benzene rings is 2. The summed E-state index contributed by atoms with van der Waals surface area (Å²) in [5.41, 5.74) is 2.80. The van der Waals surface area contributed by atoms with Gasteiger partial charge in [-0.3, -0.25) is 4.90 Å². The van der Waals surface area contributed by atoms with E-state index in [-0.39, 0.29) is 6.23 Å². The fourth-order valence-corrected chi connectivity index (χ4v) is 3.28. The van der Waals surface area contributed by atoms with Crippen LogP contribution in [0.3, 0.4) is 0 Å². The summed E-state index contributed by atoms with van der Waals surface area (Å²) in [4.78, 5) is 13.4. The number of nitriles is 1. The predicted octanol–water partition coefficient (Wildman–Crippen LogP) is 4.20. The van der Waals surface area contributed by atoms with Gasteiger partial charge in [0, 0.05) is 13.1 Å². The summed E-state index contributed by atoms with van der Waals surface area (Å²) in [5, 5.41) is 8.87. The molecule has 0 radical (unpaired) electrons. The number of methoxy groups -OCH3 is 1. The Labute approximate surface area is 165 Å². The monoisotopic (exact) mass is 380 g/mol. The van der Waals surface area contributed by atoms with Crippen molar-refractivity contribution in [1.82, 2.24) is 4.90 Å². The number of carbonyl (C=O) groups is 1. The Morgan fingerprint density at radius 1 is 1.14 bits per heavy atom. The van der Waals surface area contributed by atoms with Gasteiger partial charge in [0.2, 0.25) is 0 Å². The fourth-order valence-electron chi connectivity index (χ4n) is 3.28. The molecule has 1 heterocycles. The summed E-state index contributed by atoms with van der Waals surface area (Å²) in [6.45, 7) is 2.32. The van der Waals surface area contributed by atoms with Gasteiger partial charge in [-0.2, -0.15) is 5.26 Å². The molecule has 1 unspecified atom stereocenters. The smallest absolute Gasteiger partial charge is 0.494 e. The highest BCUT2D eigenvalue weighted by atomic mass is 16.7. The van der Waals surface area contributed by atoms with Crippen molar-refractivity contribution in [2.24, 2.45) is 0 Å². The second-order valence-corrected chi connectivity index (χ2v) is 6.62. The quantitative estimate of drug-likeness (QED) is 0.530. The van der Waals surface area contributed by atoms with Crippen molar-refractivity contribution in [1.29, 1.82) is 5.26 Å². The molecule has 0 aliphatic carbocycles. The van der Waals surface area contributed by atoms with E-state index < -0.39 is 6.16 Å². The van der Waals surface area contributed by atoms with Crippen molar-refractivity contribution in [2.45, 2.75) is 25.5 Å². The lowest BCUT2D eigenvalue weighted by atomic mass is 10.0. The molecule has 1 aliphatic heterocycles. The predicted molar refractivity (Wildman–Crippen MR) is 105 cm³/mol. The minimum absolute atomic E-state index is 0.195. The second kappa shape index (κ2) is 9.77. The van der Waals surface area contributed by atoms with Gasteiger partial charge in [-0.1, -0.05) is 24.3 Å². The average Bonchev–Trinajstić information content (AvgIpc) is 3.18. The third kappa shape index (κ3) is 5.24. The summed E-state index contributed by atoms with van der Waals surface area (Å²) >= 11 is 0. The van der Waals surface area contributed by atoms with E-state index in [1.54, 1.807) is 0 Å². The highest BCUT2D eigenvalue weighted by Gasteiger charge is 2.27. The maximum absolute atomic E-state index is 11.3. The van der Waals surface area contributed by atoms with Gasteiger partial charge in [0.25, 0.3) is 0 Å². The Kier molecular flexibility index (Phi) is 6.88. The van der Waals surface area contributed by atoms with Crippen molar-refractivity contribution in [2.75, 3.05) is 26.8 Å². The van der Waals surface area contributed by atoms with Crippen LogP contribution in [0.1, 0.15) is 24.8 Å². The number of hydrogen-bond acceptors (Lipinski definition) is 6. The van der Waals surface area contributed by atoms with Crippen LogP contribution in [0.2, 0.25) is 0 Å². The molecule has 2 aromatic carbocycles. The van der Waals surface area contributed by atoms with E-state index in [9.17, 15) is 4.79 Å². The third-order valence-electron chi connectivity index (χ3n) is 4.76. The van der Waals surface area contributed by atoms with Crippen molar-refractivity contribution in [3.05, 3.63) is 54.1 Å². The van der Waals surface area contributed by atoms with E-state index in [2.05, 4.69) is 15.7 Å². The summed E-state index contributed by atoms with van der Waals surface area (Å²) in [6, 6.07) is 17.6. The van der Waals surface area contributed by atoms with E-state index >= 15 is 0 Å². The number of hydrogen-bond donors (Lipinski definition) is 0. The Hall–Kier alpha value is -3.04. The largest absolute Gasteiger partial charge is 0.509 e. The van der Waals surface area contributed by atoms with Crippen LogP contribution in [0.25, 0.3) is 11.1 Å². The Bertz CT molecular complexity index is 812. The molecule has 0 saturated carbocycles. The van der Waals surface area contributed by atoms with Crippen LogP contribution < -0.4 is 4.74 Å². The van der Waals surface area contributed by atoms with E-state index in [1.807, 2.05) is 48.5 Å². The van der Waals surface area contributed by atoms with Crippen molar-refractivity contribution in [3.63, 3.8) is 0 Å². The van der Waals surface area contributed by atoms with Crippen LogP contribution in [0.5, 0.6) is 5.75 Å². The molecule has 6 nitrogen and oxygen atoms in total. The lowest BCUT2D eigenvalue weighted by molar-refractivity contribution is -0.0227. The Morgan fingerprint density at radius 2 is 1.82 bits per heavy atom. The maximum Gasteiger partial charge on any atom is 0.509 e. The highest BCUT2D eigenvalue weighted by Crippen LogP contribution is 2.23. The first-order valence-electron chi connectivity index (χ1n) is 9.41. The zero-order valence-electron chi connectivity index (χ0n) is 16.0. The maximum atomic E-state index is 11.3. The van der Waals surface area contributed by atoms with E-state index in [4.69, 9.17) is 14.7 Å². The molecule has 0 bridgehead atoms. The first-order valence-corrected chi connectivity index (χ1v) is 9.41. The molecule has 2 aromatic rings. The SMILES string of the molecule is COC(=O)OC1CCCN1CCCOc1ccc(-c2ccc(C#N)cc2)cc1. The van der Waals surface area contributed by atoms with Crippen molar-refractivity contribution < 1.29 is 19.0 Å². The van der Waals surface area contributed by atoms with Crippen LogP contribution in [0.4, 0.5) is 4.79 Å². The Morgan fingerprint density at radius 3 is 2.46 bits per heavy atom. The third-order valence-corrected chi connectivity index (χ3v) is 4.76. The number of ether oxygens (including phenoxy) is 3. The van der Waals surface area contributed by atoms with Gasteiger partial charge in [-0.15, -0.1) is 0 Å². The van der Waals surface area contributed by atoms with Gasteiger partial charge in [0.05, 0.1) is 25.3 Å². The molecule has 0 aromatic heterocycles. The van der Waals surface area contributed by atoms with E-state index in [0.717, 1.165) is 49.2 Å². The molecule has 0 amide bonds. The first-order chi connectivity index (χ1) is 13.7. The normalized spacial score (nSPS) is 16.4. The van der Waals surface area contributed by atoms with Crippen molar-refractivity contribution in [3.8, 4) is 22.9 Å². The Balaban J connectivity index is 1.44. The molecule has 28 heavy (non-hydrogen) atoms. The van der Waals surface area contributed by atoms with Crippen LogP contribution in [-0.4, -0.2) is 44.1 Å². The summed E-state index contributed by atoms with van der Waals surface area (Å²) in [5.74, 6) is 0.821. The van der Waals surface area contributed by atoms with E-state index in [0.29, 0.717) is 12.2 Å². The lowest BCUT2D eigenvalue weighted by Crippen LogP contribution is -2.34. The molecule has 1 fully saturated rings. The molecule has 6 heteroatoms. The van der Waals surface area contributed by atoms with Gasteiger partial charge in [-0.25, -0.2) is 4.79 Å². The first kappa shape index (κ1) is 19.7. The van der Waals surface area contributed by atoms with Crippen LogP contribution in [-0.2, 0) is 9.47 Å². The molecule has 1 saturated heterocycles. The molecule has 0 spiro atoms. The van der Waals surface area contributed by atoms with Gasteiger partial charge >= 0.3 is 6.16 Å². The zero-order valence-corrected chi connectivity index (χ0v) is 16.0. The number of rotatable bonds is 7. The van der Waals surface area contributed by atoms with Gasteiger partial charge < -0.3 is 14.2 Å². The fraction of sp³-hybridized carbons (Fsp3) is 0.364. The van der Waals surface area contributed by atoms with Crippen LogP contribution in [0.15, 0.2) is 48.5 Å². The summed E-state index contributed by atoms with van der Waals surface area (Å²) in [6.07, 6.45) is 1.87. The second-order valence-electron chi connectivity index (χ2n) is 6.62. The molecule has 3 rings (SSSR count). The topological polar surface area (TPSA) is 71.8 Å². The molecular weight excluding hydrogens is 356 g/mol. The van der Waals surface area contributed by atoms with Gasteiger partial charge in [0.1, 0.15) is 5.75 Å². The molecule has 0 N–H and O–H groups in total. The zero-order chi connectivity index (χ0) is 19.8. The lowest BCUT2D eigenvalue weighted by Gasteiger charge is -2.23. The number of carbonyl (C=O) groups excluding carboxylic acids is 1. The molecule has 1 aliphatic rings. The molecule has 146 valence electrons. The van der Waals surface area contributed by atoms with E-state index in [1.165, 1.54) is 7.11 Å². The molecule has 1 atom stereocenters.